The number of carboxylic acid groups (broad SMARTS) is 1. The first-order valence-electron chi connectivity index (χ1n) is 3.42. The highest BCUT2D eigenvalue weighted by Gasteiger charge is 2.11. The van der Waals surface area contributed by atoms with Crippen molar-refractivity contribution in [1.82, 2.24) is 0 Å². The topological polar surface area (TPSA) is 63.3 Å². The molecule has 1 rings (SSSR count). The summed E-state index contributed by atoms with van der Waals surface area (Å²) in [5, 5.41) is 9.23. The number of carboxylic acids is 1. The second-order valence-electron chi connectivity index (χ2n) is 2.38. The summed E-state index contributed by atoms with van der Waals surface area (Å²) in [4.78, 5) is 11.4. The van der Waals surface area contributed by atoms with Crippen LogP contribution in [0.25, 0.3) is 0 Å². The summed E-state index contributed by atoms with van der Waals surface area (Å²) in [5.41, 5.74) is 5.75. The fraction of sp³-hybridized carbons (Fsp3) is 0.125. The third-order valence-corrected chi connectivity index (χ3v) is 2.76. The van der Waals surface area contributed by atoms with Gasteiger partial charge in [-0.05, 0) is 18.4 Å². The molecule has 0 heterocycles. The maximum absolute atomic E-state index is 10.7. The monoisotopic (exact) mass is 217 g/mol. The number of carbonyl (C=O) groups is 1. The minimum atomic E-state index is -1.04. The van der Waals surface area contributed by atoms with Crippen molar-refractivity contribution in [3.63, 3.8) is 0 Å². The van der Waals surface area contributed by atoms with Crippen LogP contribution in [-0.2, 0) is 0 Å². The van der Waals surface area contributed by atoms with Crippen LogP contribution >= 0.6 is 23.4 Å². The van der Waals surface area contributed by atoms with Gasteiger partial charge in [0.1, 0.15) is 0 Å². The van der Waals surface area contributed by atoms with Gasteiger partial charge in [0, 0.05) is 10.6 Å². The molecule has 0 unspecified atom stereocenters. The highest BCUT2D eigenvalue weighted by Crippen LogP contribution is 2.29. The summed E-state index contributed by atoms with van der Waals surface area (Å²) in [6.07, 6.45) is 1.82. The van der Waals surface area contributed by atoms with Gasteiger partial charge < -0.3 is 10.8 Å². The molecule has 0 aliphatic heterocycles. The molecule has 1 aromatic rings. The molecule has 13 heavy (non-hydrogen) atoms. The van der Waals surface area contributed by atoms with Gasteiger partial charge in [0.15, 0.2) is 0 Å². The lowest BCUT2D eigenvalue weighted by atomic mass is 10.2. The van der Waals surface area contributed by atoms with E-state index >= 15 is 0 Å². The predicted molar refractivity (Wildman–Crippen MR) is 54.6 cm³/mol. The zero-order chi connectivity index (χ0) is 10.0. The quantitative estimate of drug-likeness (QED) is 0.590. The molecule has 0 spiro atoms. The van der Waals surface area contributed by atoms with Gasteiger partial charge in [0.2, 0.25) is 0 Å². The first-order valence-corrected chi connectivity index (χ1v) is 5.03. The zero-order valence-electron chi connectivity index (χ0n) is 6.87. The Balaban J connectivity index is 3.30. The first-order chi connectivity index (χ1) is 6.06. The first kappa shape index (κ1) is 10.2. The summed E-state index contributed by atoms with van der Waals surface area (Å²) >= 11 is 7.20. The van der Waals surface area contributed by atoms with E-state index in [0.29, 0.717) is 9.92 Å². The number of nitrogens with two attached hydrogens (primary N) is 1. The smallest absolute Gasteiger partial charge is 0.337 e. The third-order valence-electron chi connectivity index (χ3n) is 1.55. The van der Waals surface area contributed by atoms with E-state index in [1.54, 1.807) is 0 Å². The van der Waals surface area contributed by atoms with Crippen molar-refractivity contribution in [2.75, 3.05) is 12.0 Å². The van der Waals surface area contributed by atoms with Crippen LogP contribution in [0.2, 0.25) is 5.02 Å². The molecule has 0 atom stereocenters. The molecule has 0 radical (unpaired) electrons. The van der Waals surface area contributed by atoms with E-state index in [1.807, 2.05) is 6.26 Å². The van der Waals surface area contributed by atoms with Crippen molar-refractivity contribution in [1.29, 1.82) is 0 Å². The van der Waals surface area contributed by atoms with E-state index in [2.05, 4.69) is 0 Å². The van der Waals surface area contributed by atoms with Gasteiger partial charge in [-0.2, -0.15) is 0 Å². The van der Waals surface area contributed by atoms with Crippen LogP contribution in [0, 0.1) is 0 Å². The maximum atomic E-state index is 10.7. The number of hydrogen-bond donors (Lipinski definition) is 2. The molecule has 70 valence electrons. The van der Waals surface area contributed by atoms with Crippen molar-refractivity contribution in [3.05, 3.63) is 22.7 Å². The van der Waals surface area contributed by atoms with Gasteiger partial charge in [-0.15, -0.1) is 11.8 Å². The Morgan fingerprint density at radius 2 is 2.23 bits per heavy atom. The van der Waals surface area contributed by atoms with E-state index in [-0.39, 0.29) is 11.3 Å². The van der Waals surface area contributed by atoms with Crippen LogP contribution in [0.5, 0.6) is 0 Å². The molecular formula is C8H8ClNO2S. The van der Waals surface area contributed by atoms with E-state index in [0.717, 1.165) is 0 Å². The van der Waals surface area contributed by atoms with Crippen molar-refractivity contribution in [2.24, 2.45) is 0 Å². The van der Waals surface area contributed by atoms with Gasteiger partial charge in [-0.25, -0.2) is 4.79 Å². The van der Waals surface area contributed by atoms with Crippen molar-refractivity contribution >= 4 is 35.0 Å². The molecule has 0 saturated carbocycles. The van der Waals surface area contributed by atoms with E-state index < -0.39 is 5.97 Å². The Labute approximate surface area is 84.9 Å². The number of thioether (sulfide) groups is 1. The minimum absolute atomic E-state index is 0.0914. The van der Waals surface area contributed by atoms with Gasteiger partial charge in [0.05, 0.1) is 10.6 Å². The Hall–Kier alpha value is -0.870. The molecule has 3 N–H and O–H groups in total. The molecular weight excluding hydrogens is 210 g/mol. The molecule has 0 aliphatic rings. The molecule has 5 heteroatoms. The summed E-state index contributed by atoms with van der Waals surface area (Å²) in [6.45, 7) is 0. The Bertz CT molecular complexity index is 354. The number of nitrogen functional groups attached to an aromatic ring is 1. The fourth-order valence-corrected chi connectivity index (χ4v) is 1.80. The number of aromatic carboxylic acids is 1. The fourth-order valence-electron chi connectivity index (χ4n) is 0.910. The normalized spacial score (nSPS) is 10.0. The van der Waals surface area contributed by atoms with Crippen molar-refractivity contribution in [2.45, 2.75) is 4.90 Å². The molecule has 0 aromatic heterocycles. The summed E-state index contributed by atoms with van der Waals surface area (Å²) in [7, 11) is 0. The molecule has 3 nitrogen and oxygen atoms in total. The van der Waals surface area contributed by atoms with E-state index in [1.165, 1.54) is 23.9 Å². The molecule has 0 amide bonds. The zero-order valence-corrected chi connectivity index (χ0v) is 8.45. The Kier molecular flexibility index (Phi) is 3.06. The average molecular weight is 218 g/mol. The van der Waals surface area contributed by atoms with Crippen LogP contribution in [0.1, 0.15) is 10.4 Å². The van der Waals surface area contributed by atoms with Gasteiger partial charge in [-0.3, -0.25) is 0 Å². The number of halogens is 1. The van der Waals surface area contributed by atoms with Gasteiger partial charge in [-0.1, -0.05) is 11.6 Å². The van der Waals surface area contributed by atoms with Crippen LogP contribution < -0.4 is 5.73 Å². The van der Waals surface area contributed by atoms with Crippen LogP contribution in [-0.4, -0.2) is 17.3 Å². The number of benzene rings is 1. The lowest BCUT2D eigenvalue weighted by Gasteiger charge is -2.05. The van der Waals surface area contributed by atoms with Gasteiger partial charge in [0.25, 0.3) is 0 Å². The van der Waals surface area contributed by atoms with Crippen molar-refractivity contribution in [3.8, 4) is 0 Å². The minimum Gasteiger partial charge on any atom is -0.478 e. The Morgan fingerprint density at radius 1 is 1.62 bits per heavy atom. The second-order valence-corrected chi connectivity index (χ2v) is 3.63. The Morgan fingerprint density at radius 3 is 2.69 bits per heavy atom. The van der Waals surface area contributed by atoms with Crippen LogP contribution in [0.15, 0.2) is 17.0 Å². The molecule has 1 aromatic carbocycles. The van der Waals surface area contributed by atoms with Crippen LogP contribution in [0.4, 0.5) is 5.69 Å². The molecule has 0 bridgehead atoms. The third kappa shape index (κ3) is 2.08. The lowest BCUT2D eigenvalue weighted by molar-refractivity contribution is 0.0698. The standard InChI is InChI=1S/C8H8ClNO2S/c1-13-7-2-4(8(11)12)6(10)3-5(7)9/h2-3H,10H2,1H3,(H,11,12). The number of hydrogen-bond acceptors (Lipinski definition) is 3. The number of anilines is 1. The van der Waals surface area contributed by atoms with E-state index in [4.69, 9.17) is 22.4 Å². The highest BCUT2D eigenvalue weighted by atomic mass is 35.5. The lowest BCUT2D eigenvalue weighted by Crippen LogP contribution is -2.02. The molecule has 0 aliphatic carbocycles. The summed E-state index contributed by atoms with van der Waals surface area (Å²) in [5.74, 6) is -1.04. The summed E-state index contributed by atoms with van der Waals surface area (Å²) in [6, 6.07) is 2.93. The summed E-state index contributed by atoms with van der Waals surface area (Å²) < 4.78 is 0. The number of rotatable bonds is 2. The molecule has 0 saturated heterocycles. The largest absolute Gasteiger partial charge is 0.478 e. The maximum Gasteiger partial charge on any atom is 0.337 e. The predicted octanol–water partition coefficient (Wildman–Crippen LogP) is 2.34. The van der Waals surface area contributed by atoms with Gasteiger partial charge >= 0.3 is 5.97 Å². The van der Waals surface area contributed by atoms with E-state index in [9.17, 15) is 4.79 Å². The highest BCUT2D eigenvalue weighted by molar-refractivity contribution is 7.98. The second kappa shape index (κ2) is 3.89. The van der Waals surface area contributed by atoms with Crippen LogP contribution in [0.3, 0.4) is 0 Å². The molecule has 0 fully saturated rings. The van der Waals surface area contributed by atoms with Crippen molar-refractivity contribution < 1.29 is 9.90 Å². The SMILES string of the molecule is CSc1cc(C(=O)O)c(N)cc1Cl. The average Bonchev–Trinajstić information content (AvgIpc) is 2.03.